The van der Waals surface area contributed by atoms with Gasteiger partial charge in [-0.15, -0.1) is 0 Å². The highest BCUT2D eigenvalue weighted by Gasteiger charge is 2.51. The second-order valence-electron chi connectivity index (χ2n) is 9.63. The molecule has 0 aromatic rings. The van der Waals surface area contributed by atoms with Crippen LogP contribution in [0.15, 0.2) is 24.4 Å². The predicted molar refractivity (Wildman–Crippen MR) is 117 cm³/mol. The van der Waals surface area contributed by atoms with E-state index in [1.165, 1.54) is 63.9 Å². The second kappa shape index (κ2) is 8.71. The van der Waals surface area contributed by atoms with Crippen molar-refractivity contribution in [3.63, 3.8) is 0 Å². The van der Waals surface area contributed by atoms with E-state index < -0.39 is 0 Å². The molecule has 0 aromatic heterocycles. The Morgan fingerprint density at radius 3 is 2.59 bits per heavy atom. The maximum Gasteiger partial charge on any atom is 0.409 e. The van der Waals surface area contributed by atoms with E-state index in [-0.39, 0.29) is 6.09 Å². The van der Waals surface area contributed by atoms with Gasteiger partial charge in [0.05, 0.1) is 6.61 Å². The van der Waals surface area contributed by atoms with E-state index in [0.29, 0.717) is 18.1 Å². The normalized spacial score (nSPS) is 33.9. The van der Waals surface area contributed by atoms with E-state index in [9.17, 15) is 4.79 Å². The summed E-state index contributed by atoms with van der Waals surface area (Å²) in [5.41, 5.74) is 1.70. The van der Waals surface area contributed by atoms with Crippen LogP contribution in [0.5, 0.6) is 0 Å². The lowest BCUT2D eigenvalue weighted by Crippen LogP contribution is -2.55. The highest BCUT2D eigenvalue weighted by Crippen LogP contribution is 2.51. The molecule has 3 saturated heterocycles. The maximum absolute atomic E-state index is 12.0. The standard InChI is InChI=1S/C24H39N3O2/c1-4-20(5-2)27-12-7-8-22(27)19-9-13-25(14-10-19)21-16-24(17-21)11-15-26(18-24)23(28)29-6-3/h4-5,19,21-22H,1,6-18H2,2-3H3/b20-5+/t21?,22-,24?/m0/s1. The van der Waals surface area contributed by atoms with Crippen LogP contribution in [0.1, 0.15) is 58.8 Å². The van der Waals surface area contributed by atoms with E-state index in [4.69, 9.17) is 4.74 Å². The number of allylic oxidation sites excluding steroid dienone is 2. The molecule has 0 unspecified atom stereocenters. The third-order valence-corrected chi connectivity index (χ3v) is 8.07. The molecule has 162 valence electrons. The van der Waals surface area contributed by atoms with Crippen molar-refractivity contribution in [3.8, 4) is 0 Å². The van der Waals surface area contributed by atoms with Crippen molar-refractivity contribution >= 4 is 6.09 Å². The molecule has 3 heterocycles. The van der Waals surface area contributed by atoms with Gasteiger partial charge in [-0.25, -0.2) is 4.79 Å². The number of nitrogens with zero attached hydrogens (tertiary/aromatic N) is 3. The molecule has 0 bridgehead atoms. The molecule has 4 fully saturated rings. The van der Waals surface area contributed by atoms with E-state index in [2.05, 4.69) is 29.4 Å². The summed E-state index contributed by atoms with van der Waals surface area (Å²) >= 11 is 0. The van der Waals surface area contributed by atoms with Crippen molar-refractivity contribution in [2.24, 2.45) is 11.3 Å². The molecule has 29 heavy (non-hydrogen) atoms. The van der Waals surface area contributed by atoms with Gasteiger partial charge >= 0.3 is 6.09 Å². The fourth-order valence-corrected chi connectivity index (χ4v) is 6.51. The summed E-state index contributed by atoms with van der Waals surface area (Å²) in [5, 5.41) is 0. The Kier molecular flexibility index (Phi) is 6.24. The van der Waals surface area contributed by atoms with Gasteiger partial charge in [-0.2, -0.15) is 0 Å². The molecular formula is C24H39N3O2. The summed E-state index contributed by atoms with van der Waals surface area (Å²) in [6, 6.07) is 1.44. The van der Waals surface area contributed by atoms with Crippen molar-refractivity contribution in [1.29, 1.82) is 0 Å². The molecule has 4 rings (SSSR count). The summed E-state index contributed by atoms with van der Waals surface area (Å²) in [7, 11) is 0. The molecule has 0 N–H and O–H groups in total. The van der Waals surface area contributed by atoms with Crippen LogP contribution >= 0.6 is 0 Å². The van der Waals surface area contributed by atoms with Crippen molar-refractivity contribution in [2.45, 2.75) is 70.9 Å². The second-order valence-corrected chi connectivity index (χ2v) is 9.63. The van der Waals surface area contributed by atoms with E-state index in [1.54, 1.807) is 0 Å². The zero-order valence-electron chi connectivity index (χ0n) is 18.4. The van der Waals surface area contributed by atoms with Crippen LogP contribution in [0.25, 0.3) is 0 Å². The lowest BCUT2D eigenvalue weighted by Gasteiger charge is -2.52. The number of hydrogen-bond donors (Lipinski definition) is 0. The minimum atomic E-state index is -0.116. The van der Waals surface area contributed by atoms with Crippen LogP contribution in [-0.2, 0) is 4.74 Å². The fourth-order valence-electron chi connectivity index (χ4n) is 6.51. The van der Waals surface area contributed by atoms with Crippen LogP contribution in [0.4, 0.5) is 4.79 Å². The summed E-state index contributed by atoms with van der Waals surface area (Å²) in [5.74, 6) is 0.823. The van der Waals surface area contributed by atoms with Gasteiger partial charge in [0.1, 0.15) is 0 Å². The number of ether oxygens (including phenoxy) is 1. The Bertz CT molecular complexity index is 632. The lowest BCUT2D eigenvalue weighted by atomic mass is 9.64. The third-order valence-electron chi connectivity index (χ3n) is 8.07. The lowest BCUT2D eigenvalue weighted by molar-refractivity contribution is -0.0145. The molecule has 1 spiro atoms. The van der Waals surface area contributed by atoms with Crippen LogP contribution in [0.2, 0.25) is 0 Å². The Labute approximate surface area is 176 Å². The smallest absolute Gasteiger partial charge is 0.409 e. The van der Waals surface area contributed by atoms with Crippen molar-refractivity contribution in [1.82, 2.24) is 14.7 Å². The third kappa shape index (κ3) is 4.08. The Balaban J connectivity index is 1.24. The van der Waals surface area contributed by atoms with Gasteiger partial charge in [-0.3, -0.25) is 0 Å². The highest BCUT2D eigenvalue weighted by atomic mass is 16.6. The van der Waals surface area contributed by atoms with Gasteiger partial charge in [0.25, 0.3) is 0 Å². The summed E-state index contributed by atoms with van der Waals surface area (Å²) in [4.78, 5) is 19.3. The molecular weight excluding hydrogens is 362 g/mol. The van der Waals surface area contributed by atoms with Crippen molar-refractivity contribution < 1.29 is 9.53 Å². The van der Waals surface area contributed by atoms with Crippen molar-refractivity contribution in [3.05, 3.63) is 24.4 Å². The predicted octanol–water partition coefficient (Wildman–Crippen LogP) is 4.26. The zero-order valence-corrected chi connectivity index (χ0v) is 18.4. The SMILES string of the molecule is C=C/C(=C\C)N1CCC[C@H]1C1CCN(C2CC3(CCN(C(=O)OCC)C3)C2)CC1. The van der Waals surface area contributed by atoms with Crippen molar-refractivity contribution in [2.75, 3.05) is 39.3 Å². The van der Waals surface area contributed by atoms with Crippen LogP contribution in [0, 0.1) is 11.3 Å². The number of likely N-dealkylation sites (tertiary alicyclic amines) is 3. The molecule has 3 aliphatic heterocycles. The minimum Gasteiger partial charge on any atom is -0.450 e. The van der Waals surface area contributed by atoms with Gasteiger partial charge in [0.2, 0.25) is 0 Å². The first-order valence-electron chi connectivity index (χ1n) is 11.8. The molecule has 5 nitrogen and oxygen atoms in total. The Morgan fingerprint density at radius 2 is 1.93 bits per heavy atom. The average molecular weight is 402 g/mol. The first-order chi connectivity index (χ1) is 14.1. The number of hydrogen-bond acceptors (Lipinski definition) is 4. The van der Waals surface area contributed by atoms with Gasteiger partial charge in [-0.05, 0) is 89.3 Å². The van der Waals surface area contributed by atoms with E-state index in [0.717, 1.165) is 31.5 Å². The monoisotopic (exact) mass is 401 g/mol. The maximum atomic E-state index is 12.0. The molecule has 1 atom stereocenters. The molecule has 0 radical (unpaired) electrons. The number of piperidine rings is 1. The molecule has 5 heteroatoms. The van der Waals surface area contributed by atoms with Gasteiger partial charge in [0.15, 0.2) is 0 Å². The summed E-state index contributed by atoms with van der Waals surface area (Å²) < 4.78 is 5.20. The highest BCUT2D eigenvalue weighted by molar-refractivity contribution is 5.68. The van der Waals surface area contributed by atoms with Gasteiger partial charge in [0, 0.05) is 37.4 Å². The fraction of sp³-hybridized carbons (Fsp3) is 0.792. The summed E-state index contributed by atoms with van der Waals surface area (Å²) in [6.45, 7) is 14.0. The molecule has 1 saturated carbocycles. The van der Waals surface area contributed by atoms with Crippen LogP contribution < -0.4 is 0 Å². The molecule has 4 aliphatic rings. The average Bonchev–Trinajstić information content (AvgIpc) is 3.36. The number of carbonyl (C=O) groups excluding carboxylic acids is 1. The number of amides is 1. The molecule has 1 aliphatic carbocycles. The minimum absolute atomic E-state index is 0.116. The van der Waals surface area contributed by atoms with Crippen LogP contribution in [-0.4, -0.2) is 72.2 Å². The first-order valence-corrected chi connectivity index (χ1v) is 11.8. The van der Waals surface area contributed by atoms with E-state index in [1.807, 2.05) is 17.9 Å². The topological polar surface area (TPSA) is 36.0 Å². The molecule has 1 amide bonds. The number of rotatable bonds is 5. The van der Waals surface area contributed by atoms with Gasteiger partial charge in [-0.1, -0.05) is 12.7 Å². The Hall–Kier alpha value is -1.49. The van der Waals surface area contributed by atoms with Gasteiger partial charge < -0.3 is 19.4 Å². The molecule has 0 aromatic carbocycles. The first kappa shape index (κ1) is 20.8. The summed E-state index contributed by atoms with van der Waals surface area (Å²) in [6.07, 6.45) is 13.1. The number of carbonyl (C=O) groups is 1. The largest absolute Gasteiger partial charge is 0.450 e. The quantitative estimate of drug-likeness (QED) is 0.645. The van der Waals surface area contributed by atoms with E-state index >= 15 is 0 Å². The zero-order chi connectivity index (χ0) is 20.4. The van der Waals surface area contributed by atoms with Crippen LogP contribution in [0.3, 0.4) is 0 Å². The Morgan fingerprint density at radius 1 is 1.17 bits per heavy atom.